The van der Waals surface area contributed by atoms with E-state index in [1.807, 2.05) is 12.1 Å². The molecule has 0 radical (unpaired) electrons. The van der Waals surface area contributed by atoms with Gasteiger partial charge in [0.2, 0.25) is 0 Å². The zero-order valence-corrected chi connectivity index (χ0v) is 15.0. The van der Waals surface area contributed by atoms with Gasteiger partial charge in [0.25, 0.3) is 5.91 Å². The Labute approximate surface area is 154 Å². The highest BCUT2D eigenvalue weighted by Gasteiger charge is 2.23. The summed E-state index contributed by atoms with van der Waals surface area (Å²) in [6.07, 6.45) is 0.177. The van der Waals surface area contributed by atoms with Crippen molar-refractivity contribution in [1.82, 2.24) is 5.32 Å². The van der Waals surface area contributed by atoms with Crippen LogP contribution in [-0.2, 0) is 20.3 Å². The zero-order valence-electron chi connectivity index (χ0n) is 14.2. The summed E-state index contributed by atoms with van der Waals surface area (Å²) in [6.45, 7) is 0. The lowest BCUT2D eigenvalue weighted by Gasteiger charge is -2.16. The molecule has 0 unspecified atom stereocenters. The van der Waals surface area contributed by atoms with E-state index in [0.29, 0.717) is 16.0 Å². The van der Waals surface area contributed by atoms with E-state index in [1.165, 1.54) is 31.4 Å². The number of amides is 1. The van der Waals surface area contributed by atoms with E-state index in [0.717, 1.165) is 0 Å². The Morgan fingerprint density at radius 2 is 1.81 bits per heavy atom. The first kappa shape index (κ1) is 19.3. The molecule has 0 heterocycles. The van der Waals surface area contributed by atoms with E-state index in [-0.39, 0.29) is 12.2 Å². The van der Waals surface area contributed by atoms with Gasteiger partial charge in [0, 0.05) is 16.2 Å². The highest BCUT2D eigenvalue weighted by atomic mass is 32.2. The van der Waals surface area contributed by atoms with Crippen LogP contribution in [0, 0.1) is 11.3 Å². The molecule has 2 atom stereocenters. The number of nitrogens with zero attached hydrogens (tertiary/aromatic N) is 1. The second-order valence-corrected chi connectivity index (χ2v) is 6.96. The number of hydrogen-bond donors (Lipinski definition) is 1. The second kappa shape index (κ2) is 9.49. The van der Waals surface area contributed by atoms with Gasteiger partial charge in [-0.1, -0.05) is 18.2 Å². The number of carbonyl (C=O) groups is 2. The number of benzene rings is 2. The van der Waals surface area contributed by atoms with Gasteiger partial charge in [0.15, 0.2) is 0 Å². The van der Waals surface area contributed by atoms with Crippen LogP contribution in [-0.4, -0.2) is 35.0 Å². The smallest absolute Gasteiger partial charge is 0.328 e. The molecule has 7 heteroatoms. The molecule has 1 N–H and O–H groups in total. The number of rotatable bonds is 7. The molecular formula is C19H18N2O4S. The van der Waals surface area contributed by atoms with Crippen molar-refractivity contribution in [2.75, 3.05) is 12.9 Å². The van der Waals surface area contributed by atoms with Gasteiger partial charge in [-0.15, -0.1) is 0 Å². The van der Waals surface area contributed by atoms with Crippen molar-refractivity contribution >= 4 is 22.7 Å². The molecule has 1 amide bonds. The fourth-order valence-electron chi connectivity index (χ4n) is 2.24. The van der Waals surface area contributed by atoms with Crippen LogP contribution in [0.4, 0.5) is 0 Å². The number of methoxy groups -OCH3 is 1. The molecule has 0 saturated carbocycles. The van der Waals surface area contributed by atoms with Gasteiger partial charge in [-0.3, -0.25) is 9.00 Å². The summed E-state index contributed by atoms with van der Waals surface area (Å²) in [7, 11) is -0.0478. The van der Waals surface area contributed by atoms with Crippen LogP contribution in [0.2, 0.25) is 0 Å². The summed E-state index contributed by atoms with van der Waals surface area (Å²) in [5, 5.41) is 11.4. The highest BCUT2D eigenvalue weighted by Crippen LogP contribution is 2.09. The summed E-state index contributed by atoms with van der Waals surface area (Å²) in [6, 6.07) is 16.0. The average molecular weight is 370 g/mol. The largest absolute Gasteiger partial charge is 0.467 e. The maximum atomic E-state index is 12.3. The van der Waals surface area contributed by atoms with E-state index in [9.17, 15) is 13.8 Å². The zero-order chi connectivity index (χ0) is 18.9. The minimum atomic E-state index is -1.28. The molecule has 0 saturated heterocycles. The van der Waals surface area contributed by atoms with Gasteiger partial charge in [-0.25, -0.2) is 4.79 Å². The highest BCUT2D eigenvalue weighted by molar-refractivity contribution is 7.85. The minimum absolute atomic E-state index is 0.177. The Kier molecular flexibility index (Phi) is 7.06. The predicted molar refractivity (Wildman–Crippen MR) is 96.8 cm³/mol. The van der Waals surface area contributed by atoms with Gasteiger partial charge < -0.3 is 10.1 Å². The third-order valence-corrected chi connectivity index (χ3v) is 5.07. The molecule has 0 spiro atoms. The first-order valence-electron chi connectivity index (χ1n) is 7.87. The quantitative estimate of drug-likeness (QED) is 0.752. The number of hydrogen-bond acceptors (Lipinski definition) is 5. The van der Waals surface area contributed by atoms with Crippen molar-refractivity contribution in [1.29, 1.82) is 5.26 Å². The van der Waals surface area contributed by atoms with E-state index in [4.69, 9.17) is 10.00 Å². The van der Waals surface area contributed by atoms with Crippen molar-refractivity contribution in [3.8, 4) is 6.07 Å². The molecule has 0 aromatic heterocycles. The Bertz CT molecular complexity index is 829. The fourth-order valence-corrected chi connectivity index (χ4v) is 3.39. The third-order valence-electron chi connectivity index (χ3n) is 3.67. The Morgan fingerprint density at radius 3 is 2.38 bits per heavy atom. The van der Waals surface area contributed by atoms with Crippen molar-refractivity contribution < 1.29 is 18.5 Å². The normalized spacial score (nSPS) is 12.5. The molecule has 26 heavy (non-hydrogen) atoms. The van der Waals surface area contributed by atoms with E-state index in [1.54, 1.807) is 24.3 Å². The Hall–Kier alpha value is -2.98. The SMILES string of the molecule is COC(=O)[C@@H](CC[S@@](=O)c1ccccc1)NC(=O)c1ccc(C#N)cc1. The van der Waals surface area contributed by atoms with Crippen molar-refractivity contribution in [3.05, 3.63) is 65.7 Å². The molecule has 0 aliphatic carbocycles. The molecule has 2 aromatic rings. The standard InChI is InChI=1S/C19H18N2O4S/c1-25-19(23)17(11-12-26(24)16-5-3-2-4-6-16)21-18(22)15-9-7-14(13-20)8-10-15/h2-10,17H,11-12H2,1H3,(H,21,22)/t17-,26-/m1/s1. The molecule has 2 aromatic carbocycles. The van der Waals surface area contributed by atoms with Crippen LogP contribution in [0.25, 0.3) is 0 Å². The Morgan fingerprint density at radius 1 is 1.15 bits per heavy atom. The van der Waals surface area contributed by atoms with Gasteiger partial charge in [-0.05, 0) is 42.8 Å². The first-order valence-corrected chi connectivity index (χ1v) is 9.19. The summed E-state index contributed by atoms with van der Waals surface area (Å²) >= 11 is 0. The molecule has 2 rings (SSSR count). The molecule has 0 fully saturated rings. The van der Waals surface area contributed by atoms with Crippen LogP contribution in [0.5, 0.6) is 0 Å². The number of carbonyl (C=O) groups excluding carboxylic acids is 2. The van der Waals surface area contributed by atoms with Crippen LogP contribution in [0.1, 0.15) is 22.3 Å². The lowest BCUT2D eigenvalue weighted by atomic mass is 10.1. The monoisotopic (exact) mass is 370 g/mol. The number of ether oxygens (including phenoxy) is 1. The summed E-state index contributed by atoms with van der Waals surface area (Å²) in [5.41, 5.74) is 0.756. The summed E-state index contributed by atoms with van der Waals surface area (Å²) < 4.78 is 17.0. The predicted octanol–water partition coefficient (Wildman–Crippen LogP) is 2.03. The van der Waals surface area contributed by atoms with Crippen molar-refractivity contribution in [2.24, 2.45) is 0 Å². The van der Waals surface area contributed by atoms with Gasteiger partial charge in [-0.2, -0.15) is 5.26 Å². The lowest BCUT2D eigenvalue weighted by molar-refractivity contribution is -0.142. The maximum Gasteiger partial charge on any atom is 0.328 e. The molecule has 0 aliphatic rings. The molecule has 134 valence electrons. The number of nitriles is 1. The van der Waals surface area contributed by atoms with Crippen molar-refractivity contribution in [3.63, 3.8) is 0 Å². The van der Waals surface area contributed by atoms with Gasteiger partial charge in [0.1, 0.15) is 6.04 Å². The maximum absolute atomic E-state index is 12.3. The van der Waals surface area contributed by atoms with E-state index < -0.39 is 28.7 Å². The Balaban J connectivity index is 2.02. The number of nitrogens with one attached hydrogen (secondary N) is 1. The lowest BCUT2D eigenvalue weighted by Crippen LogP contribution is -2.42. The van der Waals surface area contributed by atoms with E-state index in [2.05, 4.69) is 5.32 Å². The molecule has 6 nitrogen and oxygen atoms in total. The number of esters is 1. The van der Waals surface area contributed by atoms with Gasteiger partial charge >= 0.3 is 5.97 Å². The summed E-state index contributed by atoms with van der Waals surface area (Å²) in [5.74, 6) is -0.857. The second-order valence-electron chi connectivity index (χ2n) is 5.39. The minimum Gasteiger partial charge on any atom is -0.467 e. The first-order chi connectivity index (χ1) is 12.5. The fraction of sp³-hybridized carbons (Fsp3) is 0.211. The van der Waals surface area contributed by atoms with Crippen LogP contribution < -0.4 is 5.32 Å². The van der Waals surface area contributed by atoms with Crippen molar-refractivity contribution in [2.45, 2.75) is 17.4 Å². The van der Waals surface area contributed by atoms with Crippen LogP contribution in [0.3, 0.4) is 0 Å². The molecule has 0 bridgehead atoms. The van der Waals surface area contributed by atoms with Gasteiger partial charge in [0.05, 0.1) is 29.5 Å². The average Bonchev–Trinajstić information content (AvgIpc) is 2.70. The summed E-state index contributed by atoms with van der Waals surface area (Å²) in [4.78, 5) is 24.9. The van der Waals surface area contributed by atoms with Crippen LogP contribution in [0.15, 0.2) is 59.5 Å². The molecular weight excluding hydrogens is 352 g/mol. The van der Waals surface area contributed by atoms with Crippen LogP contribution >= 0.6 is 0 Å². The topological polar surface area (TPSA) is 96.3 Å². The third kappa shape index (κ3) is 5.26. The van der Waals surface area contributed by atoms with E-state index >= 15 is 0 Å². The molecule has 0 aliphatic heterocycles.